The van der Waals surface area contributed by atoms with E-state index in [0.29, 0.717) is 6.61 Å². The van der Waals surface area contributed by atoms with Crippen LogP contribution >= 0.6 is 0 Å². The summed E-state index contributed by atoms with van der Waals surface area (Å²) in [6.45, 7) is 0.385. The summed E-state index contributed by atoms with van der Waals surface area (Å²) in [5.74, 6) is 1.59. The molecule has 1 unspecified atom stereocenters. The highest BCUT2D eigenvalue weighted by molar-refractivity contribution is 6.11. The molecular weight excluding hydrogens is 415 g/mol. The monoisotopic (exact) mass is 446 g/mol. The molecule has 0 aromatic heterocycles. The molecule has 1 saturated heterocycles. The van der Waals surface area contributed by atoms with Crippen LogP contribution in [0.5, 0.6) is 11.5 Å². The molecule has 3 aromatic rings. The van der Waals surface area contributed by atoms with Crippen LogP contribution in [-0.4, -0.2) is 54.0 Å². The summed E-state index contributed by atoms with van der Waals surface area (Å²) >= 11 is 0. The van der Waals surface area contributed by atoms with Gasteiger partial charge in [0.05, 0.1) is 26.9 Å². The van der Waals surface area contributed by atoms with Gasteiger partial charge < -0.3 is 23.7 Å². The Hall–Kier alpha value is -2.80. The van der Waals surface area contributed by atoms with Crippen molar-refractivity contribution in [2.24, 2.45) is 0 Å². The second-order valence-electron chi connectivity index (χ2n) is 8.31. The van der Waals surface area contributed by atoms with Crippen molar-refractivity contribution in [3.05, 3.63) is 95.6 Å². The predicted octanol–water partition coefficient (Wildman–Crippen LogP) is 3.78. The first-order valence-electron chi connectivity index (χ1n) is 11.3. The van der Waals surface area contributed by atoms with Crippen molar-refractivity contribution in [2.75, 3.05) is 27.9 Å². The number of benzene rings is 3. The fourth-order valence-corrected chi connectivity index (χ4v) is 4.60. The highest BCUT2D eigenvalue weighted by atomic mass is 16.6. The molecule has 0 aliphatic carbocycles. The second-order valence-corrected chi connectivity index (χ2v) is 8.31. The maximum atomic E-state index is 6.91. The van der Waals surface area contributed by atoms with Crippen LogP contribution in [0.1, 0.15) is 23.1 Å². The lowest BCUT2D eigenvalue weighted by Gasteiger charge is -2.37. The standard InChI is InChI=1S/C27H31BO5/c1-29-22-13-9-20(10-14-22)27(19-7-5-4-6-8-19,21-11-15-23(30-2)16-12-21)32-18-25-24(31-3)17-26(28)33-25/h4-16,24-26H,17-18,28H2,1-3H3/t24?,25-,26-/m1/s1. The third-order valence-electron chi connectivity index (χ3n) is 6.33. The number of hydrogen-bond acceptors (Lipinski definition) is 5. The van der Waals surface area contributed by atoms with E-state index in [1.165, 1.54) is 0 Å². The molecule has 0 N–H and O–H groups in total. The minimum Gasteiger partial charge on any atom is -0.497 e. The van der Waals surface area contributed by atoms with E-state index >= 15 is 0 Å². The van der Waals surface area contributed by atoms with Crippen molar-refractivity contribution >= 4 is 7.85 Å². The van der Waals surface area contributed by atoms with Crippen LogP contribution in [0.25, 0.3) is 0 Å². The van der Waals surface area contributed by atoms with Crippen molar-refractivity contribution in [1.29, 1.82) is 0 Å². The molecule has 0 radical (unpaired) electrons. The van der Waals surface area contributed by atoms with Gasteiger partial charge in [-0.2, -0.15) is 0 Å². The van der Waals surface area contributed by atoms with Crippen molar-refractivity contribution < 1.29 is 23.7 Å². The van der Waals surface area contributed by atoms with E-state index in [4.69, 9.17) is 23.7 Å². The minimum absolute atomic E-state index is 0.000193. The van der Waals surface area contributed by atoms with Crippen LogP contribution in [0, 0.1) is 0 Å². The molecule has 33 heavy (non-hydrogen) atoms. The Bertz CT molecular complexity index is 959. The van der Waals surface area contributed by atoms with E-state index in [1.807, 2.05) is 42.5 Å². The van der Waals surface area contributed by atoms with Crippen molar-refractivity contribution in [3.8, 4) is 11.5 Å². The highest BCUT2D eigenvalue weighted by Crippen LogP contribution is 2.42. The Morgan fingerprint density at radius 2 is 1.30 bits per heavy atom. The average molecular weight is 446 g/mol. The first-order chi connectivity index (χ1) is 16.1. The van der Waals surface area contributed by atoms with Gasteiger partial charge in [0.1, 0.15) is 31.1 Å². The van der Waals surface area contributed by atoms with Crippen LogP contribution in [-0.2, 0) is 19.8 Å². The molecule has 1 heterocycles. The van der Waals surface area contributed by atoms with Gasteiger partial charge in [0.25, 0.3) is 0 Å². The lowest BCUT2D eigenvalue weighted by atomic mass is 9.80. The first kappa shape index (κ1) is 23.4. The number of methoxy groups -OCH3 is 3. The Morgan fingerprint density at radius 1 is 0.788 bits per heavy atom. The third kappa shape index (κ3) is 4.79. The quantitative estimate of drug-likeness (QED) is 0.370. The van der Waals surface area contributed by atoms with Crippen LogP contribution in [0.2, 0.25) is 0 Å². The summed E-state index contributed by atoms with van der Waals surface area (Å²) < 4.78 is 29.6. The van der Waals surface area contributed by atoms with Crippen LogP contribution in [0.4, 0.5) is 0 Å². The van der Waals surface area contributed by atoms with E-state index in [-0.39, 0.29) is 18.2 Å². The van der Waals surface area contributed by atoms with Crippen LogP contribution < -0.4 is 9.47 Å². The SMILES string of the molecule is B[C@H]1CC(OC)[C@@H](COC(c2ccccc2)(c2ccc(OC)cc2)c2ccc(OC)cc2)O1. The predicted molar refractivity (Wildman–Crippen MR) is 131 cm³/mol. The topological polar surface area (TPSA) is 46.2 Å². The fourth-order valence-electron chi connectivity index (χ4n) is 4.60. The molecule has 172 valence electrons. The minimum atomic E-state index is -0.854. The molecule has 0 amide bonds. The average Bonchev–Trinajstić information content (AvgIpc) is 3.25. The van der Waals surface area contributed by atoms with E-state index < -0.39 is 5.60 Å². The smallest absolute Gasteiger partial charge is 0.143 e. The van der Waals surface area contributed by atoms with E-state index in [0.717, 1.165) is 34.6 Å². The molecule has 5 nitrogen and oxygen atoms in total. The molecule has 4 rings (SSSR count). The van der Waals surface area contributed by atoms with Gasteiger partial charge in [-0.25, -0.2) is 0 Å². The molecule has 0 saturated carbocycles. The second kappa shape index (κ2) is 10.4. The molecule has 1 fully saturated rings. The zero-order valence-electron chi connectivity index (χ0n) is 19.7. The number of rotatable bonds is 9. The number of hydrogen-bond donors (Lipinski definition) is 0. The van der Waals surface area contributed by atoms with Crippen molar-refractivity contribution in [1.82, 2.24) is 0 Å². The summed E-state index contributed by atoms with van der Waals surface area (Å²) in [5.41, 5.74) is 2.17. The Morgan fingerprint density at radius 3 is 1.79 bits per heavy atom. The summed E-state index contributed by atoms with van der Waals surface area (Å²) in [4.78, 5) is 0. The maximum absolute atomic E-state index is 6.91. The maximum Gasteiger partial charge on any atom is 0.143 e. The molecule has 1 aliphatic rings. The summed E-state index contributed by atoms with van der Waals surface area (Å²) in [5, 5.41) is 0. The van der Waals surface area contributed by atoms with Gasteiger partial charge in [-0.15, -0.1) is 0 Å². The molecular formula is C27H31BO5. The van der Waals surface area contributed by atoms with Gasteiger partial charge in [0.15, 0.2) is 0 Å². The van der Waals surface area contributed by atoms with Crippen LogP contribution in [0.3, 0.4) is 0 Å². The Labute approximate surface area is 197 Å². The van der Waals surface area contributed by atoms with Crippen molar-refractivity contribution in [2.45, 2.75) is 30.2 Å². The lowest BCUT2D eigenvalue weighted by molar-refractivity contribution is -0.0804. The first-order valence-corrected chi connectivity index (χ1v) is 11.3. The van der Waals surface area contributed by atoms with Gasteiger partial charge in [-0.1, -0.05) is 54.6 Å². The fraction of sp³-hybridized carbons (Fsp3) is 0.333. The van der Waals surface area contributed by atoms with Gasteiger partial charge in [0.2, 0.25) is 0 Å². The normalized spacial score (nSPS) is 20.5. The highest BCUT2D eigenvalue weighted by Gasteiger charge is 2.41. The molecule has 3 atom stereocenters. The summed E-state index contributed by atoms with van der Waals surface area (Å²) in [7, 11) is 7.14. The molecule has 3 aromatic carbocycles. The van der Waals surface area contributed by atoms with E-state index in [9.17, 15) is 0 Å². The molecule has 1 aliphatic heterocycles. The van der Waals surface area contributed by atoms with Gasteiger partial charge in [0, 0.05) is 13.1 Å². The van der Waals surface area contributed by atoms with E-state index in [2.05, 4.69) is 44.2 Å². The van der Waals surface area contributed by atoms with Gasteiger partial charge >= 0.3 is 0 Å². The molecule has 0 spiro atoms. The largest absolute Gasteiger partial charge is 0.497 e. The van der Waals surface area contributed by atoms with Gasteiger partial charge in [-0.3, -0.25) is 0 Å². The third-order valence-corrected chi connectivity index (χ3v) is 6.33. The van der Waals surface area contributed by atoms with Crippen LogP contribution in [0.15, 0.2) is 78.9 Å². The lowest BCUT2D eigenvalue weighted by Crippen LogP contribution is -2.38. The zero-order chi connectivity index (χ0) is 23.3. The van der Waals surface area contributed by atoms with Crippen molar-refractivity contribution in [3.63, 3.8) is 0 Å². The molecule has 0 bridgehead atoms. The summed E-state index contributed by atoms with van der Waals surface area (Å²) in [6.07, 6.45) is 0.707. The summed E-state index contributed by atoms with van der Waals surface area (Å²) in [6, 6.07) is 26.5. The Balaban J connectivity index is 1.83. The number of ether oxygens (including phenoxy) is 5. The van der Waals surface area contributed by atoms with Gasteiger partial charge in [-0.05, 0) is 47.4 Å². The molecule has 6 heteroatoms. The Kier molecular flexibility index (Phi) is 7.38. The zero-order valence-corrected chi connectivity index (χ0v) is 19.7. The van der Waals surface area contributed by atoms with E-state index in [1.54, 1.807) is 21.3 Å².